The van der Waals surface area contributed by atoms with Crippen molar-refractivity contribution in [2.24, 2.45) is 0 Å². The third-order valence-corrected chi connectivity index (χ3v) is 6.31. The smallest absolute Gasteiger partial charge is 0.257 e. The summed E-state index contributed by atoms with van der Waals surface area (Å²) >= 11 is 0. The van der Waals surface area contributed by atoms with Crippen molar-refractivity contribution in [2.75, 3.05) is 33.3 Å². The van der Waals surface area contributed by atoms with Gasteiger partial charge in [0, 0.05) is 49.8 Å². The lowest BCUT2D eigenvalue weighted by Gasteiger charge is -2.34. The molecule has 36 heavy (non-hydrogen) atoms. The Morgan fingerprint density at radius 2 is 1.56 bits per heavy atom. The van der Waals surface area contributed by atoms with Crippen LogP contribution in [0.4, 0.5) is 0 Å². The molecule has 2 aromatic heterocycles. The lowest BCUT2D eigenvalue weighted by atomic mass is 10.1. The third-order valence-electron chi connectivity index (χ3n) is 6.31. The Bertz CT molecular complexity index is 1350. The molecular formula is C28H27N5O3. The number of hydrogen-bond donors (Lipinski definition) is 0. The highest BCUT2D eigenvalue weighted by molar-refractivity contribution is 6.00. The van der Waals surface area contributed by atoms with Gasteiger partial charge in [0.25, 0.3) is 5.91 Å². The number of hydrogen-bond acceptors (Lipinski definition) is 5. The molecule has 8 heteroatoms. The number of piperazine rings is 1. The fraction of sp³-hybridized carbons (Fsp3) is 0.214. The summed E-state index contributed by atoms with van der Waals surface area (Å²) in [5, 5.41) is 4.78. The molecule has 182 valence electrons. The standard InChI is InChI=1S/C28H27N5O3/c1-36-25-13-6-5-12-23(25)27-24(20-33(30-27)22-10-3-2-4-11-22)28(35)32-17-15-31(16-18-32)26(34)19-21-9-7-8-14-29-21/h2-14,20H,15-19H2,1H3. The number of pyridine rings is 1. The number of amides is 2. The lowest BCUT2D eigenvalue weighted by molar-refractivity contribution is -0.132. The molecule has 0 saturated carbocycles. The first-order valence-electron chi connectivity index (χ1n) is 11.9. The van der Waals surface area contributed by atoms with E-state index in [0.29, 0.717) is 43.2 Å². The first kappa shape index (κ1) is 23.3. The summed E-state index contributed by atoms with van der Waals surface area (Å²) in [4.78, 5) is 34.3. The van der Waals surface area contributed by atoms with Crippen molar-refractivity contribution in [3.8, 4) is 22.7 Å². The molecule has 1 aliphatic heterocycles. The normalized spacial score (nSPS) is 13.5. The molecular weight excluding hydrogens is 454 g/mol. The molecule has 0 spiro atoms. The van der Waals surface area contributed by atoms with Gasteiger partial charge >= 0.3 is 0 Å². The van der Waals surface area contributed by atoms with Crippen LogP contribution in [0, 0.1) is 0 Å². The number of methoxy groups -OCH3 is 1. The highest BCUT2D eigenvalue weighted by Gasteiger charge is 2.29. The fourth-order valence-corrected chi connectivity index (χ4v) is 4.38. The van der Waals surface area contributed by atoms with Gasteiger partial charge in [-0.25, -0.2) is 4.68 Å². The monoisotopic (exact) mass is 481 g/mol. The van der Waals surface area contributed by atoms with Gasteiger partial charge in [0.1, 0.15) is 11.4 Å². The number of carbonyl (C=O) groups is 2. The van der Waals surface area contributed by atoms with E-state index in [1.807, 2.05) is 72.8 Å². The largest absolute Gasteiger partial charge is 0.496 e. The summed E-state index contributed by atoms with van der Waals surface area (Å²) in [6.07, 6.45) is 3.72. The van der Waals surface area contributed by atoms with E-state index in [1.54, 1.807) is 34.0 Å². The molecule has 4 aromatic rings. The van der Waals surface area contributed by atoms with Gasteiger partial charge in [-0.1, -0.05) is 36.4 Å². The molecule has 2 amide bonds. The second-order valence-electron chi connectivity index (χ2n) is 8.54. The van der Waals surface area contributed by atoms with Gasteiger partial charge in [-0.3, -0.25) is 14.6 Å². The third kappa shape index (κ3) is 4.84. The zero-order valence-electron chi connectivity index (χ0n) is 20.1. The van der Waals surface area contributed by atoms with E-state index >= 15 is 0 Å². The van der Waals surface area contributed by atoms with Gasteiger partial charge in [0.05, 0.1) is 24.8 Å². The molecule has 1 saturated heterocycles. The minimum atomic E-state index is -0.116. The van der Waals surface area contributed by atoms with E-state index in [0.717, 1.165) is 16.9 Å². The summed E-state index contributed by atoms with van der Waals surface area (Å²) in [6, 6.07) is 22.8. The Hall–Kier alpha value is -4.46. The van der Waals surface area contributed by atoms with E-state index in [9.17, 15) is 9.59 Å². The number of rotatable bonds is 6. The quantitative estimate of drug-likeness (QED) is 0.421. The van der Waals surface area contributed by atoms with Crippen molar-refractivity contribution in [3.63, 3.8) is 0 Å². The van der Waals surface area contributed by atoms with E-state index in [4.69, 9.17) is 9.84 Å². The molecule has 5 rings (SSSR count). The predicted octanol–water partition coefficient (Wildman–Crippen LogP) is 3.47. The Balaban J connectivity index is 1.37. The van der Waals surface area contributed by atoms with E-state index < -0.39 is 0 Å². The first-order valence-corrected chi connectivity index (χ1v) is 11.9. The van der Waals surface area contributed by atoms with E-state index in [-0.39, 0.29) is 18.2 Å². The van der Waals surface area contributed by atoms with Crippen LogP contribution in [0.2, 0.25) is 0 Å². The molecule has 0 unspecified atom stereocenters. The zero-order chi connectivity index (χ0) is 24.9. The molecule has 0 N–H and O–H groups in total. The van der Waals surface area contributed by atoms with Crippen molar-refractivity contribution in [2.45, 2.75) is 6.42 Å². The van der Waals surface area contributed by atoms with Gasteiger partial charge in [-0.05, 0) is 36.4 Å². The molecule has 1 fully saturated rings. The van der Waals surface area contributed by atoms with Crippen molar-refractivity contribution < 1.29 is 14.3 Å². The number of ether oxygens (including phenoxy) is 1. The van der Waals surface area contributed by atoms with Gasteiger partial charge in [0.2, 0.25) is 5.91 Å². The van der Waals surface area contributed by atoms with Crippen LogP contribution in [0.5, 0.6) is 5.75 Å². The number of para-hydroxylation sites is 2. The van der Waals surface area contributed by atoms with Crippen LogP contribution >= 0.6 is 0 Å². The average Bonchev–Trinajstić information content (AvgIpc) is 3.39. The summed E-state index contributed by atoms with van der Waals surface area (Å²) in [5.74, 6) is 0.553. The first-order chi connectivity index (χ1) is 17.6. The van der Waals surface area contributed by atoms with Crippen molar-refractivity contribution in [3.05, 3.63) is 96.4 Å². The number of aromatic nitrogens is 3. The van der Waals surface area contributed by atoms with Crippen molar-refractivity contribution in [1.29, 1.82) is 0 Å². The second kappa shape index (κ2) is 10.4. The van der Waals surface area contributed by atoms with Crippen molar-refractivity contribution in [1.82, 2.24) is 24.6 Å². The molecule has 0 bridgehead atoms. The molecule has 0 aliphatic carbocycles. The SMILES string of the molecule is COc1ccccc1-c1nn(-c2ccccc2)cc1C(=O)N1CCN(C(=O)Cc2ccccn2)CC1. The minimum absolute atomic E-state index is 0.0207. The maximum Gasteiger partial charge on any atom is 0.257 e. The second-order valence-corrected chi connectivity index (χ2v) is 8.54. The Morgan fingerprint density at radius 1 is 0.861 bits per heavy atom. The average molecular weight is 482 g/mol. The maximum atomic E-state index is 13.7. The minimum Gasteiger partial charge on any atom is -0.496 e. The van der Waals surface area contributed by atoms with Crippen LogP contribution in [0.3, 0.4) is 0 Å². The summed E-state index contributed by atoms with van der Waals surface area (Å²) < 4.78 is 7.28. The van der Waals surface area contributed by atoms with Crippen LogP contribution in [0.25, 0.3) is 16.9 Å². The maximum absolute atomic E-state index is 13.7. The molecule has 8 nitrogen and oxygen atoms in total. The van der Waals surface area contributed by atoms with Crippen LogP contribution in [0.15, 0.2) is 85.2 Å². The predicted molar refractivity (Wildman–Crippen MR) is 136 cm³/mol. The van der Waals surface area contributed by atoms with E-state index in [2.05, 4.69) is 4.98 Å². The molecule has 0 atom stereocenters. The van der Waals surface area contributed by atoms with Gasteiger partial charge in [-0.15, -0.1) is 0 Å². The molecule has 2 aromatic carbocycles. The molecule has 1 aliphatic rings. The van der Waals surface area contributed by atoms with Gasteiger partial charge in [-0.2, -0.15) is 5.10 Å². The summed E-state index contributed by atoms with van der Waals surface area (Å²) in [6.45, 7) is 1.87. The van der Waals surface area contributed by atoms with Crippen LogP contribution in [-0.4, -0.2) is 69.7 Å². The number of nitrogens with zero attached hydrogens (tertiary/aromatic N) is 5. The summed E-state index contributed by atoms with van der Waals surface area (Å²) in [7, 11) is 1.61. The van der Waals surface area contributed by atoms with Gasteiger partial charge < -0.3 is 14.5 Å². The number of carbonyl (C=O) groups excluding carboxylic acids is 2. The Morgan fingerprint density at radius 3 is 2.28 bits per heavy atom. The molecule has 0 radical (unpaired) electrons. The van der Waals surface area contributed by atoms with Crippen LogP contribution < -0.4 is 4.74 Å². The Labute approximate surface area is 209 Å². The molecule has 3 heterocycles. The highest BCUT2D eigenvalue weighted by atomic mass is 16.5. The van der Waals surface area contributed by atoms with Crippen LogP contribution in [-0.2, 0) is 11.2 Å². The topological polar surface area (TPSA) is 80.6 Å². The Kier molecular flexibility index (Phi) is 6.75. The van der Waals surface area contributed by atoms with Crippen LogP contribution in [0.1, 0.15) is 16.1 Å². The fourth-order valence-electron chi connectivity index (χ4n) is 4.38. The van der Waals surface area contributed by atoms with E-state index in [1.165, 1.54) is 0 Å². The highest BCUT2D eigenvalue weighted by Crippen LogP contribution is 2.32. The summed E-state index contributed by atoms with van der Waals surface area (Å²) in [5.41, 5.74) is 3.42. The van der Waals surface area contributed by atoms with Gasteiger partial charge in [0.15, 0.2) is 0 Å². The lowest BCUT2D eigenvalue weighted by Crippen LogP contribution is -2.51. The van der Waals surface area contributed by atoms with Crippen molar-refractivity contribution >= 4 is 11.8 Å². The zero-order valence-corrected chi connectivity index (χ0v) is 20.1. The number of benzene rings is 2.